The van der Waals surface area contributed by atoms with Crippen LogP contribution in [0.1, 0.15) is 36.7 Å². The fourth-order valence-electron chi connectivity index (χ4n) is 4.28. The molecule has 3 heterocycles. The zero-order chi connectivity index (χ0) is 24.5. The van der Waals surface area contributed by atoms with Gasteiger partial charge in [-0.25, -0.2) is 9.97 Å². The number of carbonyl (C=O) groups is 1. The van der Waals surface area contributed by atoms with Crippen LogP contribution in [0, 0.1) is 0 Å². The van der Waals surface area contributed by atoms with Crippen LogP contribution in [0.25, 0.3) is 0 Å². The number of hydrogen-bond acceptors (Lipinski definition) is 8. The molecule has 9 heteroatoms. The first-order valence-electron chi connectivity index (χ1n) is 12.7. The summed E-state index contributed by atoms with van der Waals surface area (Å²) in [5.41, 5.74) is 5.41. The molecule has 188 valence electrons. The lowest BCUT2D eigenvalue weighted by Gasteiger charge is -2.32. The van der Waals surface area contributed by atoms with Gasteiger partial charge in [-0.1, -0.05) is 31.2 Å². The first-order chi connectivity index (χ1) is 17.1. The Labute approximate surface area is 208 Å². The van der Waals surface area contributed by atoms with Gasteiger partial charge in [0.05, 0.1) is 19.4 Å². The summed E-state index contributed by atoms with van der Waals surface area (Å²) in [4.78, 5) is 28.5. The summed E-state index contributed by atoms with van der Waals surface area (Å²) in [6.45, 7) is 8.61. The van der Waals surface area contributed by atoms with Crippen LogP contribution in [-0.2, 0) is 22.4 Å². The van der Waals surface area contributed by atoms with Crippen molar-refractivity contribution in [3.05, 3.63) is 47.3 Å². The van der Waals surface area contributed by atoms with Crippen molar-refractivity contribution in [2.24, 2.45) is 5.10 Å². The Morgan fingerprint density at radius 1 is 1.11 bits per heavy atom. The van der Waals surface area contributed by atoms with Gasteiger partial charge in [-0.2, -0.15) is 5.10 Å². The average Bonchev–Trinajstić information content (AvgIpc) is 2.89. The molecule has 0 atom stereocenters. The molecule has 1 aromatic carbocycles. The van der Waals surface area contributed by atoms with Crippen LogP contribution in [0.2, 0.25) is 0 Å². The van der Waals surface area contributed by atoms with E-state index in [1.54, 1.807) is 0 Å². The summed E-state index contributed by atoms with van der Waals surface area (Å²) < 4.78 is 5.50. The molecule has 2 fully saturated rings. The van der Waals surface area contributed by atoms with Gasteiger partial charge in [-0.05, 0) is 31.0 Å². The zero-order valence-corrected chi connectivity index (χ0v) is 20.9. The zero-order valence-electron chi connectivity index (χ0n) is 20.9. The highest BCUT2D eigenvalue weighted by molar-refractivity contribution is 5.80. The summed E-state index contributed by atoms with van der Waals surface area (Å²) in [7, 11) is 2.10. The number of anilines is 2. The normalized spacial score (nSPS) is 17.2. The predicted molar refractivity (Wildman–Crippen MR) is 139 cm³/mol. The van der Waals surface area contributed by atoms with E-state index in [1.807, 2.05) is 29.3 Å². The molecule has 1 N–H and O–H groups in total. The van der Waals surface area contributed by atoms with Gasteiger partial charge in [0, 0.05) is 58.2 Å². The van der Waals surface area contributed by atoms with Gasteiger partial charge in [0.25, 0.3) is 0 Å². The van der Waals surface area contributed by atoms with E-state index >= 15 is 0 Å². The van der Waals surface area contributed by atoms with Gasteiger partial charge in [0.15, 0.2) is 5.82 Å². The lowest BCUT2D eigenvalue weighted by molar-refractivity contribution is -0.132. The number of nitrogens with one attached hydrogen (secondary N) is 1. The van der Waals surface area contributed by atoms with Crippen molar-refractivity contribution in [1.29, 1.82) is 0 Å². The van der Waals surface area contributed by atoms with Crippen molar-refractivity contribution >= 4 is 23.8 Å². The van der Waals surface area contributed by atoms with Gasteiger partial charge >= 0.3 is 0 Å². The third-order valence-corrected chi connectivity index (χ3v) is 6.49. The fourth-order valence-corrected chi connectivity index (χ4v) is 4.28. The highest BCUT2D eigenvalue weighted by atomic mass is 16.5. The maximum atomic E-state index is 12.6. The Morgan fingerprint density at radius 3 is 2.69 bits per heavy atom. The second kappa shape index (κ2) is 12.6. The van der Waals surface area contributed by atoms with Gasteiger partial charge in [-0.3, -0.25) is 10.2 Å². The van der Waals surface area contributed by atoms with Gasteiger partial charge in [0.2, 0.25) is 5.91 Å². The van der Waals surface area contributed by atoms with Crippen LogP contribution in [0.15, 0.2) is 35.4 Å². The van der Waals surface area contributed by atoms with Crippen molar-refractivity contribution < 1.29 is 9.53 Å². The lowest BCUT2D eigenvalue weighted by atomic mass is 10.1. The van der Waals surface area contributed by atoms with Crippen LogP contribution >= 0.6 is 0 Å². The molecule has 0 spiro atoms. The van der Waals surface area contributed by atoms with Crippen molar-refractivity contribution in [2.45, 2.75) is 32.6 Å². The van der Waals surface area contributed by atoms with E-state index in [1.165, 1.54) is 5.56 Å². The number of benzene rings is 1. The molecule has 2 aliphatic heterocycles. The van der Waals surface area contributed by atoms with Crippen LogP contribution in [-0.4, -0.2) is 91.4 Å². The molecule has 2 aliphatic rings. The third-order valence-electron chi connectivity index (χ3n) is 6.49. The van der Waals surface area contributed by atoms with Gasteiger partial charge in [0.1, 0.15) is 11.6 Å². The molecule has 0 saturated carbocycles. The summed E-state index contributed by atoms with van der Waals surface area (Å²) in [5, 5.41) is 4.42. The second-order valence-electron chi connectivity index (χ2n) is 9.13. The minimum atomic E-state index is 0.222. The van der Waals surface area contributed by atoms with E-state index in [0.29, 0.717) is 31.9 Å². The Morgan fingerprint density at radius 2 is 1.91 bits per heavy atom. The number of aromatic nitrogens is 2. The third kappa shape index (κ3) is 7.47. The number of piperazine rings is 1. The summed E-state index contributed by atoms with van der Waals surface area (Å²) in [5.74, 6) is 2.48. The van der Waals surface area contributed by atoms with Crippen LogP contribution in [0.5, 0.6) is 0 Å². The van der Waals surface area contributed by atoms with Crippen LogP contribution in [0.3, 0.4) is 0 Å². The molecule has 0 unspecified atom stereocenters. The number of nitrogens with zero attached hydrogens (tertiary/aromatic N) is 6. The molecule has 0 radical (unpaired) electrons. The van der Waals surface area contributed by atoms with E-state index in [0.717, 1.165) is 69.3 Å². The Kier molecular flexibility index (Phi) is 9.02. The van der Waals surface area contributed by atoms with E-state index in [4.69, 9.17) is 9.72 Å². The topological polar surface area (TPSA) is 86.2 Å². The summed E-state index contributed by atoms with van der Waals surface area (Å²) in [6, 6.07) is 10.3. The fraction of sp³-hybridized carbons (Fsp3) is 0.538. The Bertz CT molecular complexity index is 999. The van der Waals surface area contributed by atoms with E-state index in [9.17, 15) is 4.79 Å². The number of morpholine rings is 1. The number of amides is 1. The Hall–Kier alpha value is -3.04. The summed E-state index contributed by atoms with van der Waals surface area (Å²) >= 11 is 0. The van der Waals surface area contributed by atoms with Crippen LogP contribution < -0.4 is 10.3 Å². The number of likely N-dealkylation sites (N-methyl/N-ethyl adjacent to an activating group) is 1. The Balaban J connectivity index is 1.40. The number of aryl methyl sites for hydroxylation is 2. The van der Waals surface area contributed by atoms with E-state index in [-0.39, 0.29) is 5.91 Å². The second-order valence-corrected chi connectivity index (χ2v) is 9.13. The quantitative estimate of drug-likeness (QED) is 0.437. The summed E-state index contributed by atoms with van der Waals surface area (Å²) in [6.07, 6.45) is 4.69. The molecule has 2 aromatic rings. The molecule has 9 nitrogen and oxygen atoms in total. The number of hydrazone groups is 1. The monoisotopic (exact) mass is 479 g/mol. The lowest BCUT2D eigenvalue weighted by Crippen LogP contribution is -2.47. The molecular formula is C26H37N7O2. The van der Waals surface area contributed by atoms with Crippen molar-refractivity contribution in [3.8, 4) is 0 Å². The molecule has 35 heavy (non-hydrogen) atoms. The van der Waals surface area contributed by atoms with Gasteiger partial charge in [-0.15, -0.1) is 0 Å². The minimum Gasteiger partial charge on any atom is -0.378 e. The number of ether oxygens (including phenoxy) is 1. The number of hydrogen-bond donors (Lipinski definition) is 1. The van der Waals surface area contributed by atoms with Crippen molar-refractivity contribution in [2.75, 3.05) is 69.9 Å². The first kappa shape index (κ1) is 25.1. The first-order valence-corrected chi connectivity index (χ1v) is 12.7. The molecular weight excluding hydrogens is 442 g/mol. The van der Waals surface area contributed by atoms with Gasteiger partial charge < -0.3 is 19.4 Å². The standard InChI is InChI=1S/C26H37N7O2/c1-3-21-6-4-7-22(18-21)20-27-30-24-19-25(32-14-16-35-17-15-32)29-23(28-24)8-5-9-26(34)33-12-10-31(2)11-13-33/h4,6-7,18-20H,3,5,8-17H2,1-2H3,(H,28,29,30)/b27-20+. The molecule has 1 aromatic heterocycles. The SMILES string of the molecule is CCc1cccc(/C=N/Nc2cc(N3CCOCC3)nc(CCCC(=O)N3CCN(C)CC3)n2)c1. The predicted octanol–water partition coefficient (Wildman–Crippen LogP) is 2.42. The minimum absolute atomic E-state index is 0.222. The average molecular weight is 480 g/mol. The molecule has 0 bridgehead atoms. The van der Waals surface area contributed by atoms with E-state index in [2.05, 4.69) is 51.4 Å². The maximum Gasteiger partial charge on any atom is 0.222 e. The highest BCUT2D eigenvalue weighted by Crippen LogP contribution is 2.19. The highest BCUT2D eigenvalue weighted by Gasteiger charge is 2.19. The number of carbonyl (C=O) groups excluding carboxylic acids is 1. The molecule has 1 amide bonds. The van der Waals surface area contributed by atoms with E-state index < -0.39 is 0 Å². The molecule has 4 rings (SSSR count). The number of rotatable bonds is 9. The molecule has 2 saturated heterocycles. The smallest absolute Gasteiger partial charge is 0.222 e. The molecule has 0 aliphatic carbocycles. The van der Waals surface area contributed by atoms with Crippen molar-refractivity contribution in [3.63, 3.8) is 0 Å². The maximum absolute atomic E-state index is 12.6. The largest absolute Gasteiger partial charge is 0.378 e. The van der Waals surface area contributed by atoms with Crippen molar-refractivity contribution in [1.82, 2.24) is 19.8 Å². The van der Waals surface area contributed by atoms with Crippen LogP contribution in [0.4, 0.5) is 11.6 Å².